The van der Waals surface area contributed by atoms with Gasteiger partial charge < -0.3 is 4.42 Å². The first-order valence-corrected chi connectivity index (χ1v) is 9.85. The van der Waals surface area contributed by atoms with Crippen LogP contribution in [0.2, 0.25) is 0 Å². The number of nitrogens with zero attached hydrogens (tertiary/aromatic N) is 2. The summed E-state index contributed by atoms with van der Waals surface area (Å²) in [7, 11) is 0. The SMILES string of the molecule is Cc1cnc(-c2cccc3c2oc2nc(-c4c(C)cccc4C)ccc23)cc1C. The lowest BCUT2D eigenvalue weighted by molar-refractivity contribution is 0.655. The van der Waals surface area contributed by atoms with Gasteiger partial charge in [0.2, 0.25) is 5.71 Å². The zero-order valence-electron chi connectivity index (χ0n) is 17.1. The van der Waals surface area contributed by atoms with Gasteiger partial charge in [0.05, 0.1) is 11.4 Å². The number of rotatable bonds is 2. The Morgan fingerprint density at radius 1 is 0.690 bits per heavy atom. The van der Waals surface area contributed by atoms with Crippen molar-refractivity contribution in [2.75, 3.05) is 0 Å². The van der Waals surface area contributed by atoms with Crippen LogP contribution in [0.3, 0.4) is 0 Å². The summed E-state index contributed by atoms with van der Waals surface area (Å²) >= 11 is 0. The minimum atomic E-state index is 0.663. The molecule has 3 heteroatoms. The molecule has 0 aliphatic carbocycles. The number of benzene rings is 2. The predicted molar refractivity (Wildman–Crippen MR) is 119 cm³/mol. The average molecular weight is 378 g/mol. The average Bonchev–Trinajstić information content (AvgIpc) is 3.08. The highest BCUT2D eigenvalue weighted by atomic mass is 16.3. The highest BCUT2D eigenvalue weighted by Gasteiger charge is 2.16. The molecule has 29 heavy (non-hydrogen) atoms. The van der Waals surface area contributed by atoms with Crippen molar-refractivity contribution in [3.05, 3.63) is 83.0 Å². The fraction of sp³-hybridized carbons (Fsp3) is 0.154. The van der Waals surface area contributed by atoms with E-state index in [4.69, 9.17) is 9.40 Å². The fourth-order valence-electron chi connectivity index (χ4n) is 4.01. The third-order valence-electron chi connectivity index (χ3n) is 5.75. The summed E-state index contributed by atoms with van der Waals surface area (Å²) < 4.78 is 6.30. The molecule has 0 saturated heterocycles. The van der Waals surface area contributed by atoms with Crippen molar-refractivity contribution < 1.29 is 4.42 Å². The molecule has 2 aromatic carbocycles. The Morgan fingerprint density at radius 2 is 1.45 bits per heavy atom. The van der Waals surface area contributed by atoms with Crippen molar-refractivity contribution in [2.45, 2.75) is 27.7 Å². The topological polar surface area (TPSA) is 38.9 Å². The number of fused-ring (bicyclic) bond motifs is 3. The summed E-state index contributed by atoms with van der Waals surface area (Å²) in [5.41, 5.74) is 10.4. The van der Waals surface area contributed by atoms with Gasteiger partial charge in [0.1, 0.15) is 5.58 Å². The highest BCUT2D eigenvalue weighted by molar-refractivity contribution is 6.08. The maximum absolute atomic E-state index is 6.30. The van der Waals surface area contributed by atoms with Gasteiger partial charge in [-0.3, -0.25) is 4.98 Å². The zero-order chi connectivity index (χ0) is 20.1. The van der Waals surface area contributed by atoms with Crippen LogP contribution >= 0.6 is 0 Å². The second-order valence-corrected chi connectivity index (χ2v) is 7.75. The third-order valence-corrected chi connectivity index (χ3v) is 5.75. The molecule has 0 spiro atoms. The largest absolute Gasteiger partial charge is 0.437 e. The Balaban J connectivity index is 1.74. The Morgan fingerprint density at radius 3 is 2.21 bits per heavy atom. The molecule has 0 bridgehead atoms. The molecule has 5 aromatic rings. The molecule has 0 atom stereocenters. The minimum absolute atomic E-state index is 0.663. The molecular weight excluding hydrogens is 356 g/mol. The van der Waals surface area contributed by atoms with E-state index in [1.807, 2.05) is 6.20 Å². The van der Waals surface area contributed by atoms with Crippen molar-refractivity contribution in [2.24, 2.45) is 0 Å². The van der Waals surface area contributed by atoms with Gasteiger partial charge in [0, 0.05) is 28.1 Å². The highest BCUT2D eigenvalue weighted by Crippen LogP contribution is 2.36. The molecule has 0 amide bonds. The maximum Gasteiger partial charge on any atom is 0.227 e. The van der Waals surface area contributed by atoms with E-state index < -0.39 is 0 Å². The molecule has 0 unspecified atom stereocenters. The van der Waals surface area contributed by atoms with Crippen molar-refractivity contribution in [1.29, 1.82) is 0 Å². The number of para-hydroxylation sites is 1. The quantitative estimate of drug-likeness (QED) is 0.334. The number of aromatic nitrogens is 2. The first-order chi connectivity index (χ1) is 14.0. The molecule has 0 saturated carbocycles. The predicted octanol–water partition coefficient (Wildman–Crippen LogP) is 6.94. The Labute approximate surface area is 170 Å². The molecule has 0 N–H and O–H groups in total. The van der Waals surface area contributed by atoms with Crippen molar-refractivity contribution >= 4 is 22.1 Å². The van der Waals surface area contributed by atoms with Gasteiger partial charge in [-0.05, 0) is 74.2 Å². The minimum Gasteiger partial charge on any atom is -0.437 e. The van der Waals surface area contributed by atoms with E-state index in [0.29, 0.717) is 5.71 Å². The lowest BCUT2D eigenvalue weighted by Crippen LogP contribution is -1.90. The van der Waals surface area contributed by atoms with Gasteiger partial charge in [-0.1, -0.05) is 30.3 Å². The number of hydrogen-bond donors (Lipinski definition) is 0. The number of furan rings is 1. The number of pyridine rings is 2. The third kappa shape index (κ3) is 2.82. The molecule has 0 fully saturated rings. The maximum atomic E-state index is 6.30. The second-order valence-electron chi connectivity index (χ2n) is 7.75. The molecule has 142 valence electrons. The Hall–Kier alpha value is -3.46. The summed E-state index contributed by atoms with van der Waals surface area (Å²) in [5.74, 6) is 0. The Bertz CT molecular complexity index is 1380. The van der Waals surface area contributed by atoms with E-state index in [2.05, 4.69) is 87.3 Å². The van der Waals surface area contributed by atoms with E-state index in [-0.39, 0.29) is 0 Å². The normalized spacial score (nSPS) is 11.4. The molecule has 5 rings (SSSR count). The van der Waals surface area contributed by atoms with Crippen LogP contribution in [-0.2, 0) is 0 Å². The van der Waals surface area contributed by atoms with Crippen molar-refractivity contribution in [3.8, 4) is 22.5 Å². The molecular formula is C26H22N2O. The van der Waals surface area contributed by atoms with Crippen LogP contribution in [0, 0.1) is 27.7 Å². The summed E-state index contributed by atoms with van der Waals surface area (Å²) in [4.78, 5) is 9.52. The van der Waals surface area contributed by atoms with Crippen LogP contribution < -0.4 is 0 Å². The first-order valence-electron chi connectivity index (χ1n) is 9.85. The fourth-order valence-corrected chi connectivity index (χ4v) is 4.01. The first kappa shape index (κ1) is 17.6. The smallest absolute Gasteiger partial charge is 0.227 e. The lowest BCUT2D eigenvalue weighted by Gasteiger charge is -2.08. The van der Waals surface area contributed by atoms with Crippen LogP contribution in [0.1, 0.15) is 22.3 Å². The molecule has 3 aromatic heterocycles. The van der Waals surface area contributed by atoms with Gasteiger partial charge in [0.15, 0.2) is 0 Å². The summed E-state index contributed by atoms with van der Waals surface area (Å²) in [6.45, 7) is 8.43. The summed E-state index contributed by atoms with van der Waals surface area (Å²) in [5, 5.41) is 2.10. The second kappa shape index (κ2) is 6.56. The van der Waals surface area contributed by atoms with E-state index in [1.54, 1.807) is 0 Å². The number of aryl methyl sites for hydroxylation is 4. The van der Waals surface area contributed by atoms with E-state index in [1.165, 1.54) is 27.8 Å². The Kier molecular flexibility index (Phi) is 3.99. The van der Waals surface area contributed by atoms with Crippen LogP contribution in [0.15, 0.2) is 65.2 Å². The lowest BCUT2D eigenvalue weighted by atomic mass is 9.99. The van der Waals surface area contributed by atoms with Gasteiger partial charge in [0.25, 0.3) is 0 Å². The van der Waals surface area contributed by atoms with E-state index in [0.717, 1.165) is 33.3 Å². The summed E-state index contributed by atoms with van der Waals surface area (Å²) in [6.07, 6.45) is 1.92. The molecule has 3 heterocycles. The van der Waals surface area contributed by atoms with Gasteiger partial charge in [-0.25, -0.2) is 4.98 Å². The number of hydrogen-bond acceptors (Lipinski definition) is 3. The summed E-state index contributed by atoms with van der Waals surface area (Å²) in [6, 6.07) is 18.9. The van der Waals surface area contributed by atoms with E-state index >= 15 is 0 Å². The zero-order valence-corrected chi connectivity index (χ0v) is 17.1. The van der Waals surface area contributed by atoms with Crippen LogP contribution in [0.5, 0.6) is 0 Å². The molecule has 0 aliphatic rings. The van der Waals surface area contributed by atoms with Crippen LogP contribution in [0.25, 0.3) is 44.6 Å². The van der Waals surface area contributed by atoms with Gasteiger partial charge in [-0.15, -0.1) is 0 Å². The van der Waals surface area contributed by atoms with Gasteiger partial charge >= 0.3 is 0 Å². The van der Waals surface area contributed by atoms with Crippen molar-refractivity contribution in [1.82, 2.24) is 9.97 Å². The standard InChI is InChI=1S/C26H22N2O/c1-15-7-5-8-16(2)24(15)22-12-11-20-19-9-6-10-21(25(19)29-26(20)28-22)23-13-17(3)18(4)14-27-23/h5-14H,1-4H3. The van der Waals surface area contributed by atoms with E-state index in [9.17, 15) is 0 Å². The molecule has 3 nitrogen and oxygen atoms in total. The van der Waals surface area contributed by atoms with Crippen molar-refractivity contribution in [3.63, 3.8) is 0 Å². The van der Waals surface area contributed by atoms with Gasteiger partial charge in [-0.2, -0.15) is 0 Å². The molecule has 0 radical (unpaired) electrons. The molecule has 0 aliphatic heterocycles. The van der Waals surface area contributed by atoms with Crippen LogP contribution in [-0.4, -0.2) is 9.97 Å². The van der Waals surface area contributed by atoms with Crippen LogP contribution in [0.4, 0.5) is 0 Å². The monoisotopic (exact) mass is 378 g/mol.